The number of ether oxygens (including phenoxy) is 2. The first-order chi connectivity index (χ1) is 23.3. The van der Waals surface area contributed by atoms with Gasteiger partial charge in [-0.2, -0.15) is 0 Å². The molecule has 2 aliphatic carbocycles. The van der Waals surface area contributed by atoms with E-state index in [2.05, 4.69) is 21.7 Å². The van der Waals surface area contributed by atoms with E-state index in [4.69, 9.17) is 37.7 Å². The molecule has 0 unspecified atom stereocenters. The number of nitrogens with zero attached hydrogens (tertiary/aromatic N) is 2. The minimum absolute atomic E-state index is 0.175. The Labute approximate surface area is 292 Å². The molecule has 0 amide bonds. The molecule has 4 N–H and O–H groups in total. The zero-order valence-electron chi connectivity index (χ0n) is 27.5. The van der Waals surface area contributed by atoms with Gasteiger partial charge in [0.1, 0.15) is 5.75 Å². The summed E-state index contributed by atoms with van der Waals surface area (Å²) in [6.45, 7) is 1.31. The van der Waals surface area contributed by atoms with E-state index in [0.29, 0.717) is 52.5 Å². The molecule has 2 heterocycles. The van der Waals surface area contributed by atoms with Crippen LogP contribution in [0.4, 0.5) is 0 Å². The van der Waals surface area contributed by atoms with E-state index in [1.807, 2.05) is 48.5 Å². The van der Waals surface area contributed by atoms with Crippen LogP contribution in [0.15, 0.2) is 60.8 Å². The van der Waals surface area contributed by atoms with E-state index in [-0.39, 0.29) is 12.2 Å². The van der Waals surface area contributed by atoms with Gasteiger partial charge in [0.15, 0.2) is 0 Å². The Morgan fingerprint density at radius 1 is 0.708 bits per heavy atom. The van der Waals surface area contributed by atoms with Gasteiger partial charge >= 0.3 is 0 Å². The largest absolute Gasteiger partial charge is 0.496 e. The number of rotatable bonds is 11. The molecule has 2 fully saturated rings. The Kier molecular flexibility index (Phi) is 11.5. The fourth-order valence-electron chi connectivity index (χ4n) is 6.83. The number of aliphatic hydroxyl groups is 2. The molecule has 2 saturated carbocycles. The van der Waals surface area contributed by atoms with Crippen molar-refractivity contribution < 1.29 is 19.7 Å². The van der Waals surface area contributed by atoms with Gasteiger partial charge in [0.05, 0.1) is 47.9 Å². The summed E-state index contributed by atoms with van der Waals surface area (Å²) in [5.74, 6) is 1.31. The van der Waals surface area contributed by atoms with Crippen molar-refractivity contribution in [3.63, 3.8) is 0 Å². The first-order valence-corrected chi connectivity index (χ1v) is 17.6. The lowest BCUT2D eigenvalue weighted by atomic mass is 9.93. The fraction of sp³-hybridized carbons (Fsp3) is 0.421. The van der Waals surface area contributed by atoms with Crippen molar-refractivity contribution in [3.05, 3.63) is 82.0 Å². The Morgan fingerprint density at radius 2 is 1.31 bits per heavy atom. The topological polar surface area (TPSA) is 109 Å². The van der Waals surface area contributed by atoms with Crippen LogP contribution in [-0.4, -0.2) is 58.7 Å². The highest BCUT2D eigenvalue weighted by molar-refractivity contribution is 6.39. The van der Waals surface area contributed by atoms with Crippen molar-refractivity contribution in [1.82, 2.24) is 20.6 Å². The molecular formula is C38H44Cl2N4O4. The number of methoxy groups -OCH3 is 2. The summed E-state index contributed by atoms with van der Waals surface area (Å²) in [5.41, 5.74) is 6.51. The highest BCUT2D eigenvalue weighted by atomic mass is 35.5. The van der Waals surface area contributed by atoms with Gasteiger partial charge in [-0.1, -0.05) is 59.6 Å². The summed E-state index contributed by atoms with van der Waals surface area (Å²) in [6.07, 6.45) is 8.58. The first-order valence-electron chi connectivity index (χ1n) is 16.8. The van der Waals surface area contributed by atoms with Crippen molar-refractivity contribution in [2.24, 2.45) is 0 Å². The van der Waals surface area contributed by atoms with E-state index >= 15 is 0 Å². The maximum Gasteiger partial charge on any atom is 0.218 e. The average molecular weight is 692 g/mol. The van der Waals surface area contributed by atoms with Crippen LogP contribution in [0.3, 0.4) is 0 Å². The molecule has 0 saturated heterocycles. The number of benzene rings is 2. The molecule has 2 aromatic heterocycles. The maximum atomic E-state index is 9.83. The lowest BCUT2D eigenvalue weighted by molar-refractivity contribution is 0.116. The Morgan fingerprint density at radius 3 is 1.96 bits per heavy atom. The van der Waals surface area contributed by atoms with Gasteiger partial charge in [0, 0.05) is 64.8 Å². The molecule has 10 heteroatoms. The van der Waals surface area contributed by atoms with Gasteiger partial charge in [0.25, 0.3) is 0 Å². The molecule has 48 heavy (non-hydrogen) atoms. The molecule has 6 rings (SSSR count). The van der Waals surface area contributed by atoms with Crippen molar-refractivity contribution in [2.45, 2.75) is 88.7 Å². The number of hydrogen-bond donors (Lipinski definition) is 4. The summed E-state index contributed by atoms with van der Waals surface area (Å²) >= 11 is 14.2. The summed E-state index contributed by atoms with van der Waals surface area (Å²) in [5, 5.41) is 27.9. The minimum atomic E-state index is -0.181. The second-order valence-electron chi connectivity index (χ2n) is 12.9. The van der Waals surface area contributed by atoms with Gasteiger partial charge in [-0.25, -0.2) is 4.98 Å². The number of pyridine rings is 2. The lowest BCUT2D eigenvalue weighted by Gasteiger charge is -2.26. The summed E-state index contributed by atoms with van der Waals surface area (Å²) in [7, 11) is 3.30. The standard InChI is InChI=1S/C38H44Cl2N4O4/c1-47-34-20-23(6-7-24(34)21-42-26-9-13-28(45)14-10-26)37-36(40)31(18-19-41-37)30-4-3-5-32(35(30)39)33-17-8-25(38(44-33)48-2)22-43-27-11-15-29(46)16-12-27/h3-8,17-20,26-29,42-43,45-46H,9-16,21-22H2,1-2H3/t26-,27-,28-,29+. The van der Waals surface area contributed by atoms with E-state index in [1.165, 1.54) is 0 Å². The van der Waals surface area contributed by atoms with E-state index in [1.54, 1.807) is 20.4 Å². The van der Waals surface area contributed by atoms with E-state index < -0.39 is 0 Å². The Bertz CT molecular complexity index is 1580. The smallest absolute Gasteiger partial charge is 0.218 e. The van der Waals surface area contributed by atoms with Gasteiger partial charge in [-0.3, -0.25) is 4.98 Å². The highest BCUT2D eigenvalue weighted by Gasteiger charge is 2.22. The predicted molar refractivity (Wildman–Crippen MR) is 192 cm³/mol. The monoisotopic (exact) mass is 690 g/mol. The van der Waals surface area contributed by atoms with Crippen molar-refractivity contribution in [1.29, 1.82) is 0 Å². The van der Waals surface area contributed by atoms with E-state index in [0.717, 1.165) is 90.5 Å². The fourth-order valence-corrected chi connectivity index (χ4v) is 7.48. The summed E-state index contributed by atoms with van der Waals surface area (Å²) in [4.78, 5) is 9.48. The minimum Gasteiger partial charge on any atom is -0.496 e. The molecule has 2 aromatic carbocycles. The van der Waals surface area contributed by atoms with Crippen LogP contribution < -0.4 is 20.1 Å². The molecule has 0 radical (unpaired) electrons. The van der Waals surface area contributed by atoms with Crippen molar-refractivity contribution in [2.75, 3.05) is 14.2 Å². The number of aliphatic hydroxyl groups excluding tert-OH is 2. The lowest BCUT2D eigenvalue weighted by Crippen LogP contribution is -2.34. The summed E-state index contributed by atoms with van der Waals surface area (Å²) in [6, 6.07) is 18.5. The molecule has 0 aliphatic heterocycles. The predicted octanol–water partition coefficient (Wildman–Crippen LogP) is 7.59. The van der Waals surface area contributed by atoms with Crippen LogP contribution >= 0.6 is 23.2 Å². The highest BCUT2D eigenvalue weighted by Crippen LogP contribution is 2.42. The third kappa shape index (κ3) is 7.96. The van der Waals surface area contributed by atoms with Crippen molar-refractivity contribution >= 4 is 23.2 Å². The third-order valence-electron chi connectivity index (χ3n) is 9.70. The second kappa shape index (κ2) is 16.0. The van der Waals surface area contributed by atoms with E-state index in [9.17, 15) is 10.2 Å². The maximum absolute atomic E-state index is 9.83. The van der Waals surface area contributed by atoms with Crippen LogP contribution in [0.2, 0.25) is 10.0 Å². The molecule has 254 valence electrons. The number of halogens is 2. The molecule has 2 aliphatic rings. The van der Waals surface area contributed by atoms with Crippen LogP contribution in [0.1, 0.15) is 62.5 Å². The van der Waals surface area contributed by atoms with Crippen LogP contribution in [0.5, 0.6) is 11.6 Å². The molecule has 8 nitrogen and oxygen atoms in total. The number of nitrogens with one attached hydrogen (secondary N) is 2. The third-order valence-corrected chi connectivity index (χ3v) is 10.5. The van der Waals surface area contributed by atoms with Gasteiger partial charge in [-0.05, 0) is 69.6 Å². The normalized spacial score (nSPS) is 21.2. The first kappa shape index (κ1) is 34.6. The quantitative estimate of drug-likeness (QED) is 0.128. The molecule has 4 aromatic rings. The zero-order chi connectivity index (χ0) is 33.6. The SMILES string of the molecule is COc1cc(-c2nccc(-c3cccc(-c4ccc(CN[C@H]5CC[C@@H](O)CC5)c(OC)n4)c3Cl)c2Cl)ccc1CN[C@H]1CC[C@H](O)CC1. The van der Waals surface area contributed by atoms with Gasteiger partial charge in [-0.15, -0.1) is 0 Å². The Hall–Kier alpha value is -3.24. The molecular weight excluding hydrogens is 647 g/mol. The summed E-state index contributed by atoms with van der Waals surface area (Å²) < 4.78 is 11.5. The number of aromatic nitrogens is 2. The second-order valence-corrected chi connectivity index (χ2v) is 13.6. The van der Waals surface area contributed by atoms with Crippen molar-refractivity contribution in [3.8, 4) is 45.3 Å². The molecule has 0 bridgehead atoms. The van der Waals surface area contributed by atoms with Crippen LogP contribution in [0, 0.1) is 0 Å². The molecule has 0 spiro atoms. The molecule has 0 atom stereocenters. The number of hydrogen-bond acceptors (Lipinski definition) is 8. The van der Waals surface area contributed by atoms with Gasteiger partial charge < -0.3 is 30.3 Å². The zero-order valence-corrected chi connectivity index (χ0v) is 29.0. The van der Waals surface area contributed by atoms with Gasteiger partial charge in [0.2, 0.25) is 5.88 Å². The average Bonchev–Trinajstić information content (AvgIpc) is 3.11. The Balaban J connectivity index is 1.22. The van der Waals surface area contributed by atoms with Crippen LogP contribution in [-0.2, 0) is 13.1 Å². The van der Waals surface area contributed by atoms with Crippen LogP contribution in [0.25, 0.3) is 33.6 Å².